The summed E-state index contributed by atoms with van der Waals surface area (Å²) in [6, 6.07) is 3.75. The summed E-state index contributed by atoms with van der Waals surface area (Å²) in [5.41, 5.74) is 2.92. The molecule has 0 atom stereocenters. The van der Waals surface area contributed by atoms with Crippen LogP contribution in [-0.2, 0) is 16.0 Å². The summed E-state index contributed by atoms with van der Waals surface area (Å²) in [6.07, 6.45) is 12.3. The van der Waals surface area contributed by atoms with Gasteiger partial charge in [-0.2, -0.15) is 0 Å². The van der Waals surface area contributed by atoms with Gasteiger partial charge in [0, 0.05) is 44.2 Å². The molecule has 7 nitrogen and oxygen atoms in total. The summed E-state index contributed by atoms with van der Waals surface area (Å²) < 4.78 is 0. The van der Waals surface area contributed by atoms with Crippen molar-refractivity contribution in [3.63, 3.8) is 0 Å². The number of aryl methyl sites for hydroxylation is 1. The van der Waals surface area contributed by atoms with Gasteiger partial charge in [-0.25, -0.2) is 15.0 Å². The standard InChI is InChI=1S/C20H19N5O2/c26-17-4-3-16-12-14(13-23-20(16)24-17)2-5-18(27)25-10-6-15(7-11-25)19-21-8-1-9-22-19/h1-2,5-6,8-9,12-13H,3-4,7,10-11H2,(H,23,24,26)/b5-2+. The van der Waals surface area contributed by atoms with Gasteiger partial charge in [-0.3, -0.25) is 9.59 Å². The number of carbonyl (C=O) groups is 2. The van der Waals surface area contributed by atoms with Crippen molar-refractivity contribution in [2.75, 3.05) is 18.4 Å². The Labute approximate surface area is 156 Å². The molecule has 1 N–H and O–H groups in total. The fourth-order valence-corrected chi connectivity index (χ4v) is 3.18. The van der Waals surface area contributed by atoms with Gasteiger partial charge in [0.2, 0.25) is 11.8 Å². The molecule has 2 amide bonds. The van der Waals surface area contributed by atoms with Crippen LogP contribution in [0.3, 0.4) is 0 Å². The van der Waals surface area contributed by atoms with Crippen molar-refractivity contribution in [3.8, 4) is 0 Å². The van der Waals surface area contributed by atoms with E-state index >= 15 is 0 Å². The molecule has 4 rings (SSSR count). The van der Waals surface area contributed by atoms with Gasteiger partial charge >= 0.3 is 0 Å². The van der Waals surface area contributed by atoms with E-state index in [1.807, 2.05) is 12.1 Å². The van der Waals surface area contributed by atoms with E-state index in [4.69, 9.17) is 0 Å². The van der Waals surface area contributed by atoms with E-state index in [0.29, 0.717) is 31.7 Å². The van der Waals surface area contributed by atoms with Gasteiger partial charge < -0.3 is 10.2 Å². The Bertz CT molecular complexity index is 937. The average molecular weight is 361 g/mol. The summed E-state index contributed by atoms with van der Waals surface area (Å²) in [6.45, 7) is 1.19. The van der Waals surface area contributed by atoms with Crippen LogP contribution in [0.1, 0.15) is 29.8 Å². The third kappa shape index (κ3) is 3.92. The molecular formula is C20H19N5O2. The molecular weight excluding hydrogens is 342 g/mol. The van der Waals surface area contributed by atoms with Gasteiger partial charge in [0.25, 0.3) is 0 Å². The fraction of sp³-hybridized carbons (Fsp3) is 0.250. The number of pyridine rings is 1. The number of rotatable bonds is 3. The highest BCUT2D eigenvalue weighted by atomic mass is 16.2. The van der Waals surface area contributed by atoms with Gasteiger partial charge in [0.15, 0.2) is 5.82 Å². The van der Waals surface area contributed by atoms with Crippen LogP contribution in [0.4, 0.5) is 5.82 Å². The molecule has 7 heteroatoms. The molecule has 0 saturated heterocycles. The summed E-state index contributed by atoms with van der Waals surface area (Å²) >= 11 is 0. The SMILES string of the molecule is O=C1CCc2cc(/C=C/C(=O)N3CC=C(c4ncccn4)CC3)cnc2N1. The average Bonchev–Trinajstić information content (AvgIpc) is 2.72. The predicted octanol–water partition coefficient (Wildman–Crippen LogP) is 2.09. The molecule has 0 bridgehead atoms. The van der Waals surface area contributed by atoms with Crippen molar-refractivity contribution in [2.24, 2.45) is 0 Å². The molecule has 4 heterocycles. The van der Waals surface area contributed by atoms with E-state index in [0.717, 1.165) is 28.9 Å². The third-order valence-electron chi connectivity index (χ3n) is 4.66. The number of nitrogens with one attached hydrogen (secondary N) is 1. The first kappa shape index (κ1) is 17.1. The van der Waals surface area contributed by atoms with Gasteiger partial charge in [0.1, 0.15) is 5.82 Å². The zero-order valence-corrected chi connectivity index (χ0v) is 14.8. The largest absolute Gasteiger partial charge is 0.335 e. The molecule has 0 radical (unpaired) electrons. The minimum atomic E-state index is -0.0368. The number of aromatic nitrogens is 3. The van der Waals surface area contributed by atoms with Gasteiger partial charge in [0.05, 0.1) is 0 Å². The minimum absolute atomic E-state index is 0.00750. The van der Waals surface area contributed by atoms with Crippen molar-refractivity contribution >= 4 is 29.3 Å². The molecule has 0 saturated carbocycles. The molecule has 0 aliphatic carbocycles. The Balaban J connectivity index is 1.40. The van der Waals surface area contributed by atoms with Gasteiger partial charge in [-0.15, -0.1) is 0 Å². The first-order chi connectivity index (χ1) is 13.2. The number of hydrogen-bond acceptors (Lipinski definition) is 5. The van der Waals surface area contributed by atoms with Crippen LogP contribution >= 0.6 is 0 Å². The van der Waals surface area contributed by atoms with Gasteiger partial charge in [-0.1, -0.05) is 6.08 Å². The molecule has 27 heavy (non-hydrogen) atoms. The van der Waals surface area contributed by atoms with E-state index in [2.05, 4.69) is 20.3 Å². The highest BCUT2D eigenvalue weighted by Gasteiger charge is 2.18. The van der Waals surface area contributed by atoms with Crippen LogP contribution < -0.4 is 5.32 Å². The molecule has 2 aromatic rings. The Morgan fingerprint density at radius 2 is 2.00 bits per heavy atom. The van der Waals surface area contributed by atoms with Crippen LogP contribution in [-0.4, -0.2) is 44.8 Å². The monoisotopic (exact) mass is 361 g/mol. The summed E-state index contributed by atoms with van der Waals surface area (Å²) in [4.78, 5) is 38.4. The molecule has 2 aliphatic heterocycles. The van der Waals surface area contributed by atoms with Crippen molar-refractivity contribution in [1.29, 1.82) is 0 Å². The van der Waals surface area contributed by atoms with Crippen LogP contribution in [0.2, 0.25) is 0 Å². The highest BCUT2D eigenvalue weighted by molar-refractivity contribution is 5.94. The van der Waals surface area contributed by atoms with Crippen LogP contribution in [0.15, 0.2) is 42.9 Å². The smallest absolute Gasteiger partial charge is 0.246 e. The Morgan fingerprint density at radius 3 is 2.78 bits per heavy atom. The molecule has 2 aliphatic rings. The van der Waals surface area contributed by atoms with E-state index in [9.17, 15) is 9.59 Å². The molecule has 136 valence electrons. The van der Waals surface area contributed by atoms with E-state index in [1.54, 1.807) is 41.7 Å². The first-order valence-corrected chi connectivity index (χ1v) is 8.91. The van der Waals surface area contributed by atoms with Crippen molar-refractivity contribution in [2.45, 2.75) is 19.3 Å². The number of amides is 2. The maximum Gasteiger partial charge on any atom is 0.246 e. The maximum absolute atomic E-state index is 12.4. The van der Waals surface area contributed by atoms with Crippen molar-refractivity contribution < 1.29 is 9.59 Å². The van der Waals surface area contributed by atoms with Crippen molar-refractivity contribution in [1.82, 2.24) is 19.9 Å². The third-order valence-corrected chi connectivity index (χ3v) is 4.66. The number of nitrogens with zero attached hydrogens (tertiary/aromatic N) is 4. The highest BCUT2D eigenvalue weighted by Crippen LogP contribution is 2.22. The molecule has 0 unspecified atom stereocenters. The van der Waals surface area contributed by atoms with Crippen LogP contribution in [0, 0.1) is 0 Å². The van der Waals surface area contributed by atoms with Crippen LogP contribution in [0.25, 0.3) is 11.6 Å². The van der Waals surface area contributed by atoms with Crippen molar-refractivity contribution in [3.05, 3.63) is 59.8 Å². The zero-order chi connectivity index (χ0) is 18.6. The van der Waals surface area contributed by atoms with Gasteiger partial charge in [-0.05, 0) is 47.8 Å². The van der Waals surface area contributed by atoms with E-state index in [1.165, 1.54) is 0 Å². The minimum Gasteiger partial charge on any atom is -0.335 e. The number of anilines is 1. The Hall–Kier alpha value is -3.35. The maximum atomic E-state index is 12.4. The molecule has 2 aromatic heterocycles. The van der Waals surface area contributed by atoms with Crippen LogP contribution in [0.5, 0.6) is 0 Å². The lowest BCUT2D eigenvalue weighted by Crippen LogP contribution is -2.33. The topological polar surface area (TPSA) is 88.1 Å². The lowest BCUT2D eigenvalue weighted by Gasteiger charge is -2.24. The summed E-state index contributed by atoms with van der Waals surface area (Å²) in [5.74, 6) is 1.30. The molecule has 0 spiro atoms. The Morgan fingerprint density at radius 1 is 1.15 bits per heavy atom. The van der Waals surface area contributed by atoms with E-state index in [-0.39, 0.29) is 11.8 Å². The second kappa shape index (κ2) is 7.49. The number of carbonyl (C=O) groups excluding carboxylic acids is 2. The summed E-state index contributed by atoms with van der Waals surface area (Å²) in [5, 5.41) is 2.76. The van der Waals surface area contributed by atoms with E-state index < -0.39 is 0 Å². The number of hydrogen-bond donors (Lipinski definition) is 1. The fourth-order valence-electron chi connectivity index (χ4n) is 3.18. The normalized spacial score (nSPS) is 16.7. The lowest BCUT2D eigenvalue weighted by atomic mass is 10.0. The second-order valence-electron chi connectivity index (χ2n) is 6.49. The molecule has 0 fully saturated rings. The number of fused-ring (bicyclic) bond motifs is 1. The first-order valence-electron chi connectivity index (χ1n) is 8.91. The zero-order valence-electron chi connectivity index (χ0n) is 14.8. The predicted molar refractivity (Wildman–Crippen MR) is 101 cm³/mol. The second-order valence-corrected chi connectivity index (χ2v) is 6.49. The lowest BCUT2D eigenvalue weighted by molar-refractivity contribution is -0.125. The summed E-state index contributed by atoms with van der Waals surface area (Å²) in [7, 11) is 0. The molecule has 0 aromatic carbocycles. The quantitative estimate of drug-likeness (QED) is 0.846. The Kier molecular flexibility index (Phi) is 4.74.